The number of aliphatic hydroxyl groups excluding tert-OH is 1. The lowest BCUT2D eigenvalue weighted by Crippen LogP contribution is -2.16. The number of nitrogens with two attached hydrogens (primary N) is 1. The average molecular weight is 195 g/mol. The fourth-order valence-electron chi connectivity index (χ4n) is 2.24. The zero-order valence-electron chi connectivity index (χ0n) is 8.24. The van der Waals surface area contributed by atoms with Crippen LogP contribution in [0.1, 0.15) is 43.8 Å². The lowest BCUT2D eigenvalue weighted by molar-refractivity contribution is 0.0855. The monoisotopic (exact) mass is 195 g/mol. The van der Waals surface area contributed by atoms with E-state index in [1.807, 2.05) is 0 Å². The van der Waals surface area contributed by atoms with Crippen molar-refractivity contribution in [3.8, 4) is 0 Å². The molecule has 0 aromatic carbocycles. The summed E-state index contributed by atoms with van der Waals surface area (Å²) in [6, 6.07) is 0. The van der Waals surface area contributed by atoms with E-state index in [9.17, 15) is 5.11 Å². The highest BCUT2D eigenvalue weighted by Gasteiger charge is 2.25. The molecule has 0 amide bonds. The topological polar surface area (TPSA) is 74.9 Å². The molecule has 0 aliphatic heterocycles. The van der Waals surface area contributed by atoms with Crippen molar-refractivity contribution in [1.29, 1.82) is 0 Å². The first-order chi connectivity index (χ1) is 6.79. The number of rotatable bonds is 2. The summed E-state index contributed by atoms with van der Waals surface area (Å²) in [5.74, 6) is 0.867. The molecule has 4 N–H and O–H groups in total. The number of H-pyrrole nitrogens is 1. The van der Waals surface area contributed by atoms with Crippen LogP contribution in [0.5, 0.6) is 0 Å². The number of anilines is 1. The molecule has 1 saturated carbocycles. The molecule has 78 valence electrons. The zero-order valence-corrected chi connectivity index (χ0v) is 8.24. The molecule has 0 saturated heterocycles. The van der Waals surface area contributed by atoms with E-state index in [4.69, 9.17) is 5.73 Å². The van der Waals surface area contributed by atoms with Crippen LogP contribution in [-0.4, -0.2) is 15.3 Å². The highest BCUT2D eigenvalue weighted by Crippen LogP contribution is 2.35. The fraction of sp³-hybridized carbons (Fsp3) is 0.700. The summed E-state index contributed by atoms with van der Waals surface area (Å²) in [6.07, 6.45) is 7.14. The molecule has 4 heteroatoms. The Balaban J connectivity index is 2.07. The van der Waals surface area contributed by atoms with E-state index >= 15 is 0 Å². The third kappa shape index (κ3) is 1.75. The maximum Gasteiger partial charge on any atom is 0.124 e. The van der Waals surface area contributed by atoms with Gasteiger partial charge in [0.05, 0.1) is 12.3 Å². The van der Waals surface area contributed by atoms with Crippen LogP contribution in [0.15, 0.2) is 6.20 Å². The number of aromatic amines is 1. The minimum absolute atomic E-state index is 0.364. The van der Waals surface area contributed by atoms with E-state index in [1.54, 1.807) is 6.20 Å². The van der Waals surface area contributed by atoms with Crippen LogP contribution in [0.3, 0.4) is 0 Å². The Bertz CT molecular complexity index is 291. The van der Waals surface area contributed by atoms with Gasteiger partial charge in [-0.1, -0.05) is 19.3 Å². The molecule has 4 nitrogen and oxygen atoms in total. The molecule has 0 radical (unpaired) electrons. The van der Waals surface area contributed by atoms with Gasteiger partial charge in [0.15, 0.2) is 0 Å². The Morgan fingerprint density at radius 1 is 1.43 bits per heavy atom. The van der Waals surface area contributed by atoms with Gasteiger partial charge in [0.25, 0.3) is 0 Å². The van der Waals surface area contributed by atoms with Gasteiger partial charge in [-0.2, -0.15) is 5.10 Å². The van der Waals surface area contributed by atoms with Crippen molar-refractivity contribution in [3.05, 3.63) is 11.8 Å². The van der Waals surface area contributed by atoms with Gasteiger partial charge >= 0.3 is 0 Å². The summed E-state index contributed by atoms with van der Waals surface area (Å²) < 4.78 is 0. The Kier molecular flexibility index (Phi) is 2.72. The highest BCUT2D eigenvalue weighted by atomic mass is 16.3. The van der Waals surface area contributed by atoms with Crippen molar-refractivity contribution in [2.75, 3.05) is 5.73 Å². The molecule has 2 rings (SSSR count). The quantitative estimate of drug-likeness (QED) is 0.671. The minimum atomic E-state index is -0.436. The first-order valence-electron chi connectivity index (χ1n) is 5.26. The van der Waals surface area contributed by atoms with Crippen LogP contribution in [0.2, 0.25) is 0 Å². The second-order valence-electron chi connectivity index (χ2n) is 4.08. The van der Waals surface area contributed by atoms with Crippen molar-refractivity contribution < 1.29 is 5.11 Å². The summed E-state index contributed by atoms with van der Waals surface area (Å²) >= 11 is 0. The number of nitrogens with zero attached hydrogens (tertiary/aromatic N) is 1. The van der Waals surface area contributed by atoms with Gasteiger partial charge in [-0.3, -0.25) is 5.10 Å². The summed E-state index contributed by atoms with van der Waals surface area (Å²) in [4.78, 5) is 0. The normalized spacial score (nSPS) is 20.9. The van der Waals surface area contributed by atoms with Crippen molar-refractivity contribution >= 4 is 5.82 Å². The largest absolute Gasteiger partial charge is 0.388 e. The Morgan fingerprint density at radius 3 is 2.71 bits per heavy atom. The Hall–Kier alpha value is -1.03. The van der Waals surface area contributed by atoms with Crippen molar-refractivity contribution in [2.24, 2.45) is 5.92 Å². The van der Waals surface area contributed by atoms with Crippen LogP contribution in [0.25, 0.3) is 0 Å². The van der Waals surface area contributed by atoms with Gasteiger partial charge < -0.3 is 10.8 Å². The molecule has 1 aliphatic carbocycles. The van der Waals surface area contributed by atoms with E-state index in [0.29, 0.717) is 11.7 Å². The number of aromatic nitrogens is 2. The predicted molar refractivity (Wildman–Crippen MR) is 54.5 cm³/mol. The minimum Gasteiger partial charge on any atom is -0.388 e. The smallest absolute Gasteiger partial charge is 0.124 e. The van der Waals surface area contributed by atoms with Gasteiger partial charge in [0.2, 0.25) is 0 Å². The van der Waals surface area contributed by atoms with Crippen molar-refractivity contribution in [3.63, 3.8) is 0 Å². The average Bonchev–Trinajstić information content (AvgIpc) is 2.65. The molecule has 1 aromatic rings. The molecular weight excluding hydrogens is 178 g/mol. The van der Waals surface area contributed by atoms with Gasteiger partial charge in [0, 0.05) is 5.56 Å². The molecule has 1 aliphatic rings. The lowest BCUT2D eigenvalue weighted by Gasteiger charge is -2.26. The molecule has 1 fully saturated rings. The van der Waals surface area contributed by atoms with Crippen LogP contribution in [-0.2, 0) is 0 Å². The Labute approximate surface area is 83.5 Å². The number of nitrogens with one attached hydrogen (secondary N) is 1. The van der Waals surface area contributed by atoms with E-state index in [0.717, 1.165) is 18.4 Å². The van der Waals surface area contributed by atoms with Crippen LogP contribution < -0.4 is 5.73 Å². The number of aliphatic hydroxyl groups is 1. The van der Waals surface area contributed by atoms with E-state index in [-0.39, 0.29) is 0 Å². The molecule has 1 unspecified atom stereocenters. The van der Waals surface area contributed by atoms with Gasteiger partial charge in [-0.15, -0.1) is 0 Å². The summed E-state index contributed by atoms with van der Waals surface area (Å²) in [6.45, 7) is 0. The molecule has 1 heterocycles. The van der Waals surface area contributed by atoms with E-state index in [2.05, 4.69) is 10.2 Å². The summed E-state index contributed by atoms with van der Waals surface area (Å²) in [5, 5.41) is 16.6. The second-order valence-corrected chi connectivity index (χ2v) is 4.08. The second kappa shape index (κ2) is 4.00. The summed E-state index contributed by atoms with van der Waals surface area (Å²) in [5.41, 5.74) is 6.43. The molecule has 1 aromatic heterocycles. The Morgan fingerprint density at radius 2 is 2.14 bits per heavy atom. The predicted octanol–water partition coefficient (Wildman–Crippen LogP) is 1.61. The number of hydrogen-bond donors (Lipinski definition) is 3. The number of hydrogen-bond acceptors (Lipinski definition) is 3. The first-order valence-corrected chi connectivity index (χ1v) is 5.26. The molecule has 0 spiro atoms. The SMILES string of the molecule is Nc1[nH]ncc1C(O)C1CCCCC1. The maximum absolute atomic E-state index is 10.1. The molecule has 1 atom stereocenters. The van der Waals surface area contributed by atoms with Gasteiger partial charge in [0.1, 0.15) is 5.82 Å². The number of nitrogen functional groups attached to an aromatic ring is 1. The third-order valence-electron chi connectivity index (χ3n) is 3.11. The van der Waals surface area contributed by atoms with Gasteiger partial charge in [-0.25, -0.2) is 0 Å². The van der Waals surface area contributed by atoms with E-state index < -0.39 is 6.10 Å². The van der Waals surface area contributed by atoms with Crippen molar-refractivity contribution in [2.45, 2.75) is 38.2 Å². The fourth-order valence-corrected chi connectivity index (χ4v) is 2.24. The lowest BCUT2D eigenvalue weighted by atomic mass is 9.83. The van der Waals surface area contributed by atoms with Crippen LogP contribution in [0, 0.1) is 5.92 Å². The maximum atomic E-state index is 10.1. The molecule has 14 heavy (non-hydrogen) atoms. The van der Waals surface area contributed by atoms with Gasteiger partial charge in [-0.05, 0) is 18.8 Å². The first kappa shape index (κ1) is 9.52. The van der Waals surface area contributed by atoms with Crippen LogP contribution in [0.4, 0.5) is 5.82 Å². The van der Waals surface area contributed by atoms with Crippen LogP contribution >= 0.6 is 0 Å². The molecular formula is C10H17N3O. The zero-order chi connectivity index (χ0) is 9.97. The summed E-state index contributed by atoms with van der Waals surface area (Å²) in [7, 11) is 0. The van der Waals surface area contributed by atoms with Crippen molar-refractivity contribution in [1.82, 2.24) is 10.2 Å². The third-order valence-corrected chi connectivity index (χ3v) is 3.11. The van der Waals surface area contributed by atoms with E-state index in [1.165, 1.54) is 19.3 Å². The standard InChI is InChI=1S/C10H17N3O/c11-10-8(6-12-13-10)9(14)7-4-2-1-3-5-7/h6-7,9,14H,1-5H2,(H3,11,12,13). The molecule has 0 bridgehead atoms. The highest BCUT2D eigenvalue weighted by molar-refractivity contribution is 5.38.